The number of hydrogen-bond donors (Lipinski definition) is 1. The molecule has 0 amide bonds. The fraction of sp³-hybridized carbons (Fsp3) is 0.538. The Balaban J connectivity index is 2.07. The third kappa shape index (κ3) is 2.55. The second kappa shape index (κ2) is 5.15. The molecule has 1 nitrogen and oxygen atoms in total. The van der Waals surface area contributed by atoms with E-state index in [0.29, 0.717) is 22.9 Å². The lowest BCUT2D eigenvalue weighted by atomic mass is 9.93. The second-order valence-electron chi connectivity index (χ2n) is 4.61. The molecule has 0 aromatic heterocycles. The van der Waals surface area contributed by atoms with Crippen LogP contribution in [0.15, 0.2) is 18.2 Å². The maximum atomic E-state index is 13.6. The minimum atomic E-state index is -0.235. The highest BCUT2D eigenvalue weighted by atomic mass is 35.5. The van der Waals surface area contributed by atoms with Gasteiger partial charge in [0.25, 0.3) is 0 Å². The zero-order valence-corrected chi connectivity index (χ0v) is 10.0. The average Bonchev–Trinajstić information content (AvgIpc) is 2.76. The van der Waals surface area contributed by atoms with Gasteiger partial charge in [0.15, 0.2) is 0 Å². The molecule has 1 aromatic carbocycles. The lowest BCUT2D eigenvalue weighted by Gasteiger charge is -2.19. The number of rotatable bonds is 3. The third-order valence-corrected chi connectivity index (χ3v) is 3.86. The summed E-state index contributed by atoms with van der Waals surface area (Å²) in [6, 6.07) is 4.84. The Kier molecular flexibility index (Phi) is 3.82. The fourth-order valence-electron chi connectivity index (χ4n) is 2.52. The van der Waals surface area contributed by atoms with Crippen LogP contribution >= 0.6 is 11.6 Å². The molecule has 1 atom stereocenters. The molecule has 1 aliphatic carbocycles. The van der Waals surface area contributed by atoms with Crippen molar-refractivity contribution in [2.45, 2.75) is 38.1 Å². The second-order valence-corrected chi connectivity index (χ2v) is 5.02. The standard InChI is InChI=1S/C13H17ClFN/c14-11-6-3-7-12(15)10(11)8-13(16)9-4-1-2-5-9/h3,6-7,9,13H,1-2,4-5,8,16H2. The van der Waals surface area contributed by atoms with E-state index in [9.17, 15) is 4.39 Å². The molecule has 1 aliphatic rings. The van der Waals surface area contributed by atoms with Gasteiger partial charge in [0.05, 0.1) is 0 Å². The predicted molar refractivity (Wildman–Crippen MR) is 65.0 cm³/mol. The molecule has 3 heteroatoms. The Labute approximate surface area is 101 Å². The van der Waals surface area contributed by atoms with E-state index >= 15 is 0 Å². The third-order valence-electron chi connectivity index (χ3n) is 3.51. The zero-order chi connectivity index (χ0) is 11.5. The van der Waals surface area contributed by atoms with Crippen molar-refractivity contribution in [3.05, 3.63) is 34.6 Å². The van der Waals surface area contributed by atoms with Crippen molar-refractivity contribution in [3.8, 4) is 0 Å². The Morgan fingerprint density at radius 3 is 2.69 bits per heavy atom. The molecular weight excluding hydrogens is 225 g/mol. The summed E-state index contributed by atoms with van der Waals surface area (Å²) in [6.45, 7) is 0. The summed E-state index contributed by atoms with van der Waals surface area (Å²) < 4.78 is 13.6. The van der Waals surface area contributed by atoms with Crippen LogP contribution in [-0.2, 0) is 6.42 Å². The summed E-state index contributed by atoms with van der Waals surface area (Å²) >= 11 is 5.98. The van der Waals surface area contributed by atoms with Crippen LogP contribution in [-0.4, -0.2) is 6.04 Å². The first-order valence-electron chi connectivity index (χ1n) is 5.87. The first-order chi connectivity index (χ1) is 7.68. The number of benzene rings is 1. The number of nitrogens with two attached hydrogens (primary N) is 1. The van der Waals surface area contributed by atoms with Gasteiger partial charge in [-0.3, -0.25) is 0 Å². The highest BCUT2D eigenvalue weighted by Crippen LogP contribution is 2.30. The molecule has 2 N–H and O–H groups in total. The maximum absolute atomic E-state index is 13.6. The Morgan fingerprint density at radius 1 is 1.38 bits per heavy atom. The molecule has 1 fully saturated rings. The molecule has 0 heterocycles. The molecule has 1 saturated carbocycles. The maximum Gasteiger partial charge on any atom is 0.127 e. The summed E-state index contributed by atoms with van der Waals surface area (Å²) in [5.74, 6) is 0.302. The van der Waals surface area contributed by atoms with Crippen molar-refractivity contribution in [1.29, 1.82) is 0 Å². The van der Waals surface area contributed by atoms with Crippen molar-refractivity contribution in [2.75, 3.05) is 0 Å². The van der Waals surface area contributed by atoms with Gasteiger partial charge in [-0.25, -0.2) is 4.39 Å². The highest BCUT2D eigenvalue weighted by molar-refractivity contribution is 6.31. The smallest absolute Gasteiger partial charge is 0.127 e. The normalized spacial score (nSPS) is 18.9. The van der Waals surface area contributed by atoms with Gasteiger partial charge in [0, 0.05) is 16.6 Å². The largest absolute Gasteiger partial charge is 0.327 e. The van der Waals surface area contributed by atoms with E-state index in [1.54, 1.807) is 12.1 Å². The molecule has 88 valence electrons. The zero-order valence-electron chi connectivity index (χ0n) is 9.26. The molecule has 0 aliphatic heterocycles. The Bertz CT molecular complexity index is 341. The van der Waals surface area contributed by atoms with Crippen molar-refractivity contribution in [2.24, 2.45) is 11.7 Å². The van der Waals surface area contributed by atoms with Crippen LogP contribution in [0.2, 0.25) is 5.02 Å². The van der Waals surface area contributed by atoms with Crippen LogP contribution in [0.3, 0.4) is 0 Å². The van der Waals surface area contributed by atoms with E-state index in [0.717, 1.165) is 0 Å². The molecule has 16 heavy (non-hydrogen) atoms. The first kappa shape index (κ1) is 11.9. The molecule has 0 radical (unpaired) electrons. The lowest BCUT2D eigenvalue weighted by Crippen LogP contribution is -2.31. The van der Waals surface area contributed by atoms with Gasteiger partial charge >= 0.3 is 0 Å². The van der Waals surface area contributed by atoms with Crippen LogP contribution in [0.4, 0.5) is 4.39 Å². The molecule has 0 spiro atoms. The van der Waals surface area contributed by atoms with Crippen molar-refractivity contribution >= 4 is 11.6 Å². The first-order valence-corrected chi connectivity index (χ1v) is 6.24. The van der Waals surface area contributed by atoms with Crippen LogP contribution in [0, 0.1) is 11.7 Å². The van der Waals surface area contributed by atoms with E-state index in [1.807, 2.05) is 0 Å². The van der Waals surface area contributed by atoms with Crippen LogP contribution in [0.1, 0.15) is 31.2 Å². The van der Waals surface area contributed by atoms with Crippen molar-refractivity contribution in [3.63, 3.8) is 0 Å². The molecule has 1 unspecified atom stereocenters. The van der Waals surface area contributed by atoms with Gasteiger partial charge in [0.2, 0.25) is 0 Å². The number of hydrogen-bond acceptors (Lipinski definition) is 1. The van der Waals surface area contributed by atoms with E-state index in [2.05, 4.69) is 0 Å². The monoisotopic (exact) mass is 241 g/mol. The van der Waals surface area contributed by atoms with E-state index < -0.39 is 0 Å². The molecule has 2 rings (SSSR count). The summed E-state index contributed by atoms with van der Waals surface area (Å²) in [6.07, 6.45) is 5.41. The van der Waals surface area contributed by atoms with E-state index in [4.69, 9.17) is 17.3 Å². The Morgan fingerprint density at radius 2 is 2.06 bits per heavy atom. The highest BCUT2D eigenvalue weighted by Gasteiger charge is 2.23. The van der Waals surface area contributed by atoms with Gasteiger partial charge in [-0.15, -0.1) is 0 Å². The van der Waals surface area contributed by atoms with E-state index in [1.165, 1.54) is 31.7 Å². The molecule has 0 saturated heterocycles. The quantitative estimate of drug-likeness (QED) is 0.861. The lowest BCUT2D eigenvalue weighted by molar-refractivity contribution is 0.424. The van der Waals surface area contributed by atoms with Crippen LogP contribution in [0.5, 0.6) is 0 Å². The van der Waals surface area contributed by atoms with Gasteiger partial charge < -0.3 is 5.73 Å². The van der Waals surface area contributed by atoms with Gasteiger partial charge in [0.1, 0.15) is 5.82 Å². The van der Waals surface area contributed by atoms with Gasteiger partial charge in [-0.1, -0.05) is 30.5 Å². The summed E-state index contributed by atoms with van der Waals surface area (Å²) in [7, 11) is 0. The van der Waals surface area contributed by atoms with Gasteiger partial charge in [-0.05, 0) is 37.3 Å². The summed E-state index contributed by atoms with van der Waals surface area (Å²) in [5.41, 5.74) is 6.70. The fourth-order valence-corrected chi connectivity index (χ4v) is 2.76. The predicted octanol–water partition coefficient (Wildman–Crippen LogP) is 3.54. The van der Waals surface area contributed by atoms with Crippen LogP contribution < -0.4 is 5.73 Å². The molecular formula is C13H17ClFN. The molecule has 0 bridgehead atoms. The topological polar surface area (TPSA) is 26.0 Å². The summed E-state index contributed by atoms with van der Waals surface area (Å²) in [4.78, 5) is 0. The molecule has 1 aromatic rings. The summed E-state index contributed by atoms with van der Waals surface area (Å²) in [5, 5.41) is 0.494. The minimum absolute atomic E-state index is 0.0388. The van der Waals surface area contributed by atoms with E-state index in [-0.39, 0.29) is 11.9 Å². The van der Waals surface area contributed by atoms with Crippen molar-refractivity contribution < 1.29 is 4.39 Å². The average molecular weight is 242 g/mol. The SMILES string of the molecule is NC(Cc1c(F)cccc1Cl)C1CCCC1. The van der Waals surface area contributed by atoms with Crippen LogP contribution in [0.25, 0.3) is 0 Å². The minimum Gasteiger partial charge on any atom is -0.327 e. The Hall–Kier alpha value is -0.600. The number of halogens is 2. The van der Waals surface area contributed by atoms with Crippen molar-refractivity contribution in [1.82, 2.24) is 0 Å². The van der Waals surface area contributed by atoms with Gasteiger partial charge in [-0.2, -0.15) is 0 Å².